The van der Waals surface area contributed by atoms with Crippen molar-refractivity contribution in [3.8, 4) is 11.5 Å². The van der Waals surface area contributed by atoms with Crippen molar-refractivity contribution in [3.63, 3.8) is 0 Å². The molecule has 0 atom stereocenters. The Hall–Kier alpha value is -4.28. The highest BCUT2D eigenvalue weighted by Gasteiger charge is 2.36. The smallest absolute Gasteiger partial charge is 0.283 e. The van der Waals surface area contributed by atoms with Gasteiger partial charge in [-0.25, -0.2) is 0 Å². The number of nitrogens with zero attached hydrogens (tertiary/aromatic N) is 4. The number of fused-ring (bicyclic) bond motifs is 2. The molecular weight excluding hydrogens is 542 g/mol. The fraction of sp³-hybridized carbons (Fsp3) is 0.133. The highest BCUT2D eigenvalue weighted by atomic mass is 32.2. The Morgan fingerprint density at radius 3 is 2.67 bits per heavy atom. The molecule has 0 saturated heterocycles. The van der Waals surface area contributed by atoms with Crippen LogP contribution in [0.5, 0.6) is 11.5 Å². The molecule has 0 radical (unpaired) electrons. The van der Waals surface area contributed by atoms with E-state index in [2.05, 4.69) is 26.8 Å². The van der Waals surface area contributed by atoms with Crippen LogP contribution in [0.15, 0.2) is 101 Å². The number of rotatable bonds is 8. The number of ether oxygens (including phenoxy) is 2. The third kappa shape index (κ3) is 5.41. The summed E-state index contributed by atoms with van der Waals surface area (Å²) in [5.74, 6) is 1.81. The van der Waals surface area contributed by atoms with Gasteiger partial charge in [-0.3, -0.25) is 10.2 Å². The van der Waals surface area contributed by atoms with E-state index in [0.717, 1.165) is 38.1 Å². The summed E-state index contributed by atoms with van der Waals surface area (Å²) in [6, 6.07) is 25.6. The van der Waals surface area contributed by atoms with Gasteiger partial charge in [-0.2, -0.15) is 10.0 Å². The monoisotopic (exact) mass is 567 g/mol. The van der Waals surface area contributed by atoms with Crippen molar-refractivity contribution in [1.82, 2.24) is 9.58 Å². The number of aliphatic imine (C=N–C) groups is 1. The van der Waals surface area contributed by atoms with Crippen molar-refractivity contribution in [2.45, 2.75) is 12.3 Å². The Kier molecular flexibility index (Phi) is 7.43. The van der Waals surface area contributed by atoms with Crippen LogP contribution in [0.25, 0.3) is 17.0 Å². The molecule has 4 aromatic rings. The van der Waals surface area contributed by atoms with Gasteiger partial charge in [-0.1, -0.05) is 66.4 Å². The van der Waals surface area contributed by atoms with Crippen LogP contribution in [-0.4, -0.2) is 44.6 Å². The Bertz CT molecular complexity index is 1690. The highest BCUT2D eigenvalue weighted by Crippen LogP contribution is 2.34. The number of nitrogens with one attached hydrogen (secondary N) is 1. The molecule has 2 aliphatic heterocycles. The molecule has 0 saturated carbocycles. The average Bonchev–Trinajstić information content (AvgIpc) is 3.56. The Balaban J connectivity index is 1.21. The lowest BCUT2D eigenvalue weighted by molar-refractivity contribution is -0.114. The van der Waals surface area contributed by atoms with Crippen molar-refractivity contribution in [1.29, 1.82) is 5.41 Å². The quantitative estimate of drug-likeness (QED) is 0.254. The van der Waals surface area contributed by atoms with Crippen LogP contribution in [0.1, 0.15) is 11.1 Å². The lowest BCUT2D eigenvalue weighted by Crippen LogP contribution is -2.35. The molecule has 0 spiro atoms. The second-order valence-corrected chi connectivity index (χ2v) is 11.2. The normalized spacial score (nSPS) is 15.8. The molecule has 8 nitrogen and oxygen atoms in total. The van der Waals surface area contributed by atoms with Crippen LogP contribution in [0.2, 0.25) is 0 Å². The first-order chi connectivity index (χ1) is 19.6. The molecule has 1 aromatic heterocycles. The molecule has 2 aliphatic rings. The third-order valence-corrected chi connectivity index (χ3v) is 8.52. The van der Waals surface area contributed by atoms with E-state index < -0.39 is 5.91 Å². The summed E-state index contributed by atoms with van der Waals surface area (Å²) < 4.78 is 14.1. The maximum absolute atomic E-state index is 13.0. The number of methoxy groups -OCH3 is 1. The number of amidine groups is 2. The number of hydrogen-bond donors (Lipinski definition) is 1. The zero-order chi connectivity index (χ0) is 27.5. The summed E-state index contributed by atoms with van der Waals surface area (Å²) in [5.41, 5.74) is 3.23. The van der Waals surface area contributed by atoms with Gasteiger partial charge in [-0.15, -0.1) is 5.10 Å². The second-order valence-electron chi connectivity index (χ2n) is 8.98. The van der Waals surface area contributed by atoms with Gasteiger partial charge in [0.25, 0.3) is 5.91 Å². The first kappa shape index (κ1) is 26.0. The summed E-state index contributed by atoms with van der Waals surface area (Å²) in [4.78, 5) is 17.3. The number of hydrazone groups is 1. The molecular formula is C30H25N5O3S2. The van der Waals surface area contributed by atoms with Gasteiger partial charge in [0.1, 0.15) is 18.1 Å². The van der Waals surface area contributed by atoms with Gasteiger partial charge >= 0.3 is 0 Å². The molecule has 6 rings (SSSR count). The third-order valence-electron chi connectivity index (χ3n) is 6.40. The summed E-state index contributed by atoms with van der Waals surface area (Å²) in [7, 11) is 1.63. The number of hydrogen-bond acceptors (Lipinski definition) is 7. The number of carbonyl (C=O) groups is 1. The summed E-state index contributed by atoms with van der Waals surface area (Å²) in [5, 5.41) is 16.2. The predicted octanol–water partition coefficient (Wildman–Crippen LogP) is 6.24. The minimum absolute atomic E-state index is 0.0241. The zero-order valence-electron chi connectivity index (χ0n) is 21.6. The van der Waals surface area contributed by atoms with Crippen LogP contribution in [0, 0.1) is 5.41 Å². The first-order valence-electron chi connectivity index (χ1n) is 12.6. The molecule has 0 bridgehead atoms. The number of para-hydroxylation sites is 1. The maximum Gasteiger partial charge on any atom is 0.283 e. The average molecular weight is 568 g/mol. The van der Waals surface area contributed by atoms with E-state index in [1.165, 1.54) is 22.3 Å². The van der Waals surface area contributed by atoms with Gasteiger partial charge in [0.15, 0.2) is 10.2 Å². The fourth-order valence-corrected chi connectivity index (χ4v) is 6.32. The van der Waals surface area contributed by atoms with Crippen LogP contribution in [-0.2, 0) is 17.1 Å². The maximum atomic E-state index is 13.0. The molecule has 0 aliphatic carbocycles. The number of benzene rings is 3. The molecule has 1 N–H and O–H groups in total. The van der Waals surface area contributed by atoms with Gasteiger partial charge < -0.3 is 14.0 Å². The molecule has 10 heteroatoms. The lowest BCUT2D eigenvalue weighted by Gasteiger charge is -2.20. The highest BCUT2D eigenvalue weighted by molar-refractivity contribution is 8.45. The molecule has 3 aromatic carbocycles. The fourth-order valence-electron chi connectivity index (χ4n) is 4.44. The minimum atomic E-state index is -0.438. The van der Waals surface area contributed by atoms with Crippen molar-refractivity contribution >= 4 is 61.8 Å². The standard InChI is InChI=1S/C30H25N5O3S2/c1-37-22-10-7-11-23(17-22)38-15-14-34-18-21(24-12-5-6-13-26(24)34)16-25-27(31)35-29(32-28(25)36)40-30(33-35)39-19-20-8-3-2-4-9-20/h2-13,16-18,31H,14-15,19H2,1H3. The van der Waals surface area contributed by atoms with E-state index in [4.69, 9.17) is 14.9 Å². The zero-order valence-corrected chi connectivity index (χ0v) is 23.2. The predicted molar refractivity (Wildman–Crippen MR) is 163 cm³/mol. The van der Waals surface area contributed by atoms with Gasteiger partial charge in [-0.05, 0) is 41.6 Å². The van der Waals surface area contributed by atoms with Gasteiger partial charge in [0.05, 0.1) is 19.2 Å². The van der Waals surface area contributed by atoms with Crippen LogP contribution >= 0.6 is 23.5 Å². The molecule has 3 heterocycles. The second kappa shape index (κ2) is 11.4. The SMILES string of the molecule is COc1cccc(OCCn2cc(C=C3C(=N)N4N=C(SCc5ccccc5)SC4=NC3=O)c3ccccc32)c1. The number of thioether (sulfide) groups is 2. The van der Waals surface area contributed by atoms with Crippen molar-refractivity contribution in [3.05, 3.63) is 102 Å². The van der Waals surface area contributed by atoms with Crippen molar-refractivity contribution < 1.29 is 14.3 Å². The van der Waals surface area contributed by atoms with Crippen molar-refractivity contribution in [2.75, 3.05) is 13.7 Å². The van der Waals surface area contributed by atoms with Crippen LogP contribution in [0.3, 0.4) is 0 Å². The van der Waals surface area contributed by atoms with Crippen LogP contribution in [0.4, 0.5) is 0 Å². The van der Waals surface area contributed by atoms with Crippen LogP contribution < -0.4 is 9.47 Å². The molecule has 40 heavy (non-hydrogen) atoms. The first-order valence-corrected chi connectivity index (χ1v) is 14.4. The molecule has 0 fully saturated rings. The Labute approximate surface area is 239 Å². The number of aromatic nitrogens is 1. The molecule has 200 valence electrons. The molecule has 1 amide bonds. The summed E-state index contributed by atoms with van der Waals surface area (Å²) in [6.07, 6.45) is 3.72. The van der Waals surface area contributed by atoms with E-state index >= 15 is 0 Å². The minimum Gasteiger partial charge on any atom is -0.497 e. The van der Waals surface area contributed by atoms with E-state index in [1.807, 2.05) is 72.9 Å². The lowest BCUT2D eigenvalue weighted by atomic mass is 10.1. The summed E-state index contributed by atoms with van der Waals surface area (Å²) >= 11 is 2.89. The van der Waals surface area contributed by atoms with E-state index in [0.29, 0.717) is 18.3 Å². The summed E-state index contributed by atoms with van der Waals surface area (Å²) in [6.45, 7) is 1.05. The Morgan fingerprint density at radius 1 is 1.02 bits per heavy atom. The van der Waals surface area contributed by atoms with Gasteiger partial charge in [0, 0.05) is 34.5 Å². The van der Waals surface area contributed by atoms with E-state index in [-0.39, 0.29) is 11.4 Å². The largest absolute Gasteiger partial charge is 0.497 e. The number of amides is 1. The number of carbonyl (C=O) groups excluding carboxylic acids is 1. The molecule has 0 unspecified atom stereocenters. The van der Waals surface area contributed by atoms with E-state index in [9.17, 15) is 4.79 Å². The van der Waals surface area contributed by atoms with Gasteiger partial charge in [0.2, 0.25) is 5.17 Å². The topological polar surface area (TPSA) is 92.3 Å². The Morgan fingerprint density at radius 2 is 1.82 bits per heavy atom. The van der Waals surface area contributed by atoms with Crippen molar-refractivity contribution in [2.24, 2.45) is 10.1 Å². The van der Waals surface area contributed by atoms with E-state index in [1.54, 1.807) is 24.9 Å².